The molecule has 4 aromatic rings. The highest BCUT2D eigenvalue weighted by atomic mass is 32.1. The quantitative estimate of drug-likeness (QED) is 0.256. The normalized spacial score (nSPS) is 11.1. The molecule has 7 nitrogen and oxygen atoms in total. The molecule has 0 aliphatic heterocycles. The van der Waals surface area contributed by atoms with Crippen LogP contribution in [0.2, 0.25) is 0 Å². The fourth-order valence-corrected chi connectivity index (χ4v) is 4.59. The number of ketones is 1. The predicted molar refractivity (Wildman–Crippen MR) is 133 cm³/mol. The third kappa shape index (κ3) is 5.63. The third-order valence-electron chi connectivity index (χ3n) is 5.24. The predicted octanol–water partition coefficient (Wildman–Crippen LogP) is 5.56. The standard InChI is InChI=1S/C26H24FN3O4S/c1-15(2)12-24(32)28-19-8-4-17(5-9-19)22(31)14-34-26(33)23-13-21-16(3)29-30(25(21)35-23)20-10-6-18(27)7-11-20/h4-11,13,15H,12,14H2,1-3H3,(H,28,32). The van der Waals surface area contributed by atoms with Crippen molar-refractivity contribution in [2.24, 2.45) is 5.92 Å². The molecule has 1 N–H and O–H groups in total. The Labute approximate surface area is 205 Å². The summed E-state index contributed by atoms with van der Waals surface area (Å²) < 4.78 is 20.2. The molecule has 2 aromatic heterocycles. The first-order chi connectivity index (χ1) is 16.7. The van der Waals surface area contributed by atoms with Gasteiger partial charge in [-0.1, -0.05) is 13.8 Å². The van der Waals surface area contributed by atoms with Crippen molar-refractivity contribution in [3.63, 3.8) is 0 Å². The number of thiophene rings is 1. The molecule has 35 heavy (non-hydrogen) atoms. The average molecular weight is 494 g/mol. The van der Waals surface area contributed by atoms with Gasteiger partial charge in [0, 0.05) is 23.1 Å². The van der Waals surface area contributed by atoms with E-state index in [-0.39, 0.29) is 23.4 Å². The van der Waals surface area contributed by atoms with Crippen molar-refractivity contribution < 1.29 is 23.5 Å². The van der Waals surface area contributed by atoms with Crippen molar-refractivity contribution in [2.75, 3.05) is 11.9 Å². The van der Waals surface area contributed by atoms with Crippen LogP contribution in [0, 0.1) is 18.7 Å². The zero-order valence-electron chi connectivity index (χ0n) is 19.5. The first-order valence-corrected chi connectivity index (χ1v) is 11.9. The van der Waals surface area contributed by atoms with E-state index in [2.05, 4.69) is 10.4 Å². The van der Waals surface area contributed by atoms with Crippen molar-refractivity contribution in [2.45, 2.75) is 27.2 Å². The molecule has 0 saturated heterocycles. The highest BCUT2D eigenvalue weighted by Crippen LogP contribution is 2.31. The highest BCUT2D eigenvalue weighted by molar-refractivity contribution is 7.20. The number of Topliss-reactive ketones (excluding diaryl/α,β-unsaturated/α-hetero) is 1. The molecule has 1 amide bonds. The molecule has 4 rings (SSSR count). The van der Waals surface area contributed by atoms with Gasteiger partial charge in [-0.2, -0.15) is 5.10 Å². The lowest BCUT2D eigenvalue weighted by Crippen LogP contribution is -2.15. The molecule has 0 aliphatic rings. The Morgan fingerprint density at radius 2 is 1.77 bits per heavy atom. The van der Waals surface area contributed by atoms with Gasteiger partial charge in [0.2, 0.25) is 5.91 Å². The number of rotatable bonds is 8. The molecule has 0 bridgehead atoms. The molecule has 0 saturated carbocycles. The van der Waals surface area contributed by atoms with Crippen LogP contribution in [0.15, 0.2) is 54.6 Å². The van der Waals surface area contributed by atoms with Gasteiger partial charge in [0.05, 0.1) is 11.4 Å². The number of carbonyl (C=O) groups is 3. The van der Waals surface area contributed by atoms with E-state index in [1.54, 1.807) is 47.1 Å². The number of ether oxygens (including phenoxy) is 1. The van der Waals surface area contributed by atoms with Gasteiger partial charge in [-0.15, -0.1) is 11.3 Å². The van der Waals surface area contributed by atoms with Crippen molar-refractivity contribution in [1.82, 2.24) is 9.78 Å². The minimum Gasteiger partial charge on any atom is -0.453 e. The smallest absolute Gasteiger partial charge is 0.348 e. The lowest BCUT2D eigenvalue weighted by atomic mass is 10.1. The molecule has 9 heteroatoms. The SMILES string of the molecule is Cc1nn(-c2ccc(F)cc2)c2sc(C(=O)OCC(=O)c3ccc(NC(=O)CC(C)C)cc3)cc12. The summed E-state index contributed by atoms with van der Waals surface area (Å²) in [5, 5.41) is 8.04. The van der Waals surface area contributed by atoms with E-state index in [9.17, 15) is 18.8 Å². The summed E-state index contributed by atoms with van der Waals surface area (Å²) in [7, 11) is 0. The van der Waals surface area contributed by atoms with Crippen LogP contribution >= 0.6 is 11.3 Å². The van der Waals surface area contributed by atoms with Gasteiger partial charge in [-0.3, -0.25) is 9.59 Å². The Kier molecular flexibility index (Phi) is 7.07. The number of nitrogens with zero attached hydrogens (tertiary/aromatic N) is 2. The number of hydrogen-bond acceptors (Lipinski definition) is 6. The molecule has 2 heterocycles. The summed E-state index contributed by atoms with van der Waals surface area (Å²) in [4.78, 5) is 38.1. The molecule has 0 atom stereocenters. The van der Waals surface area contributed by atoms with Crippen molar-refractivity contribution >= 4 is 44.9 Å². The van der Waals surface area contributed by atoms with Crippen molar-refractivity contribution in [1.29, 1.82) is 0 Å². The monoisotopic (exact) mass is 493 g/mol. The van der Waals surface area contributed by atoms with Crippen LogP contribution in [0.25, 0.3) is 15.9 Å². The lowest BCUT2D eigenvalue weighted by molar-refractivity contribution is -0.116. The number of aryl methyl sites for hydroxylation is 1. The number of esters is 1. The van der Waals surface area contributed by atoms with E-state index in [1.165, 1.54) is 23.5 Å². The van der Waals surface area contributed by atoms with Crippen LogP contribution in [0.3, 0.4) is 0 Å². The number of amides is 1. The third-order valence-corrected chi connectivity index (χ3v) is 6.33. The largest absolute Gasteiger partial charge is 0.453 e. The summed E-state index contributed by atoms with van der Waals surface area (Å²) in [5.74, 6) is -1.15. The molecule has 0 aliphatic carbocycles. The Morgan fingerprint density at radius 3 is 2.43 bits per heavy atom. The van der Waals surface area contributed by atoms with E-state index < -0.39 is 12.6 Å². The van der Waals surface area contributed by atoms with E-state index in [0.717, 1.165) is 15.9 Å². The van der Waals surface area contributed by atoms with Gasteiger partial charge in [0.15, 0.2) is 12.4 Å². The van der Waals surface area contributed by atoms with E-state index in [4.69, 9.17) is 4.74 Å². The van der Waals surface area contributed by atoms with Gasteiger partial charge in [0.25, 0.3) is 0 Å². The minimum absolute atomic E-state index is 0.0888. The molecule has 0 fully saturated rings. The van der Waals surface area contributed by atoms with Gasteiger partial charge in [0.1, 0.15) is 15.5 Å². The van der Waals surface area contributed by atoms with E-state index >= 15 is 0 Å². The van der Waals surface area contributed by atoms with Gasteiger partial charge >= 0.3 is 5.97 Å². The van der Waals surface area contributed by atoms with E-state index in [0.29, 0.717) is 28.2 Å². The number of hydrogen-bond donors (Lipinski definition) is 1. The average Bonchev–Trinajstić information content (AvgIpc) is 3.38. The number of fused-ring (bicyclic) bond motifs is 1. The zero-order valence-corrected chi connectivity index (χ0v) is 20.3. The Balaban J connectivity index is 1.40. The fourth-order valence-electron chi connectivity index (χ4n) is 3.51. The number of carbonyl (C=O) groups excluding carboxylic acids is 3. The Hall–Kier alpha value is -3.85. The first kappa shape index (κ1) is 24.3. The number of benzene rings is 2. The van der Waals surface area contributed by atoms with Gasteiger partial charge in [-0.05, 0) is 67.4 Å². The maximum atomic E-state index is 13.3. The molecule has 0 radical (unpaired) electrons. The van der Waals surface area contributed by atoms with E-state index in [1.807, 2.05) is 20.8 Å². The molecular weight excluding hydrogens is 469 g/mol. The molecule has 180 valence electrons. The molecule has 0 spiro atoms. The lowest BCUT2D eigenvalue weighted by Gasteiger charge is -2.08. The summed E-state index contributed by atoms with van der Waals surface area (Å²) >= 11 is 1.19. The number of nitrogens with one attached hydrogen (secondary N) is 1. The maximum absolute atomic E-state index is 13.3. The second-order valence-electron chi connectivity index (χ2n) is 8.53. The highest BCUT2D eigenvalue weighted by Gasteiger charge is 2.19. The van der Waals surface area contributed by atoms with Crippen molar-refractivity contribution in [3.05, 3.63) is 76.5 Å². The minimum atomic E-state index is -0.609. The summed E-state index contributed by atoms with van der Waals surface area (Å²) in [6.45, 7) is 5.34. The molecule has 0 unspecified atom stereocenters. The van der Waals surface area contributed by atoms with Gasteiger partial charge < -0.3 is 10.1 Å². The topological polar surface area (TPSA) is 90.3 Å². The van der Waals surface area contributed by atoms with Crippen LogP contribution in [-0.4, -0.2) is 34.0 Å². The maximum Gasteiger partial charge on any atom is 0.348 e. The second kappa shape index (κ2) is 10.2. The summed E-state index contributed by atoms with van der Waals surface area (Å²) in [6, 6.07) is 14.0. The van der Waals surface area contributed by atoms with Crippen LogP contribution < -0.4 is 5.32 Å². The molecular formula is C26H24FN3O4S. The van der Waals surface area contributed by atoms with Crippen LogP contribution in [-0.2, 0) is 9.53 Å². The van der Waals surface area contributed by atoms with Crippen LogP contribution in [0.4, 0.5) is 10.1 Å². The Morgan fingerprint density at radius 1 is 1.09 bits per heavy atom. The second-order valence-corrected chi connectivity index (χ2v) is 9.56. The fraction of sp³-hybridized carbons (Fsp3) is 0.231. The Bertz CT molecular complexity index is 1390. The number of halogens is 1. The number of anilines is 1. The van der Waals surface area contributed by atoms with Crippen LogP contribution in [0.1, 0.15) is 46.0 Å². The zero-order chi connectivity index (χ0) is 25.1. The summed E-state index contributed by atoms with van der Waals surface area (Å²) in [6.07, 6.45) is 0.413. The summed E-state index contributed by atoms with van der Waals surface area (Å²) in [5.41, 5.74) is 2.36. The number of aromatic nitrogens is 2. The molecule has 2 aromatic carbocycles. The first-order valence-electron chi connectivity index (χ1n) is 11.1. The van der Waals surface area contributed by atoms with Crippen molar-refractivity contribution in [3.8, 4) is 5.69 Å². The van der Waals surface area contributed by atoms with Gasteiger partial charge in [-0.25, -0.2) is 13.9 Å². The van der Waals surface area contributed by atoms with Crippen LogP contribution in [0.5, 0.6) is 0 Å².